The van der Waals surface area contributed by atoms with Crippen LogP contribution in [0, 0.1) is 82.9 Å². The SMILES string of the molecule is CCCCCC(=O)CC[C@H]1C(O)CC(=O)C1C/C=C\CC(C)CC.CCCCCC1(CC[C@H]2C(OP)CC(=O)C2C/C=C\CC(C)CC)OCCO1.CCCCCC1(CC[C@H]2C(OP)CC(O)C2C/C=C\CC(C)CC(=O)O)OCCO1.CCCCCC1(CC[C@H]2C(OP)CC(O)C2C/C=C\CC(C)CC)OCCO1.CCCCCC1(CC[C@H]2C(OP)CC3OC(O)CC32)OCCO1.[3HH].[3HH].[3HH].[3HH]. The summed E-state index contributed by atoms with van der Waals surface area (Å²) in [4.78, 5) is 47.6. The highest BCUT2D eigenvalue weighted by molar-refractivity contribution is 7.10. The molecule has 0 aromatic carbocycles. The second-order valence-corrected chi connectivity index (χ2v) is 42.4. The Balaban J connectivity index is 0.000000577. The van der Waals surface area contributed by atoms with E-state index in [1.807, 2.05) is 6.92 Å². The molecule has 0 aromatic rings. The number of ether oxygens (including phenoxy) is 9. The van der Waals surface area contributed by atoms with E-state index in [1.165, 1.54) is 64.2 Å². The molecule has 26 heteroatoms. The average molecular weight is 1970 g/mol. The van der Waals surface area contributed by atoms with Gasteiger partial charge in [0.2, 0.25) is 0 Å². The molecule has 10 rings (SSSR count). The van der Waals surface area contributed by atoms with Crippen LogP contribution >= 0.6 is 37.9 Å². The molecule has 5 aliphatic heterocycles. The number of carboxylic acid groups (broad SMARTS) is 1. The zero-order chi connectivity index (χ0) is 97.0. The normalized spacial score (nSPS) is 30.5. The summed E-state index contributed by atoms with van der Waals surface area (Å²) in [6.07, 6.45) is 61.1. The zero-order valence-corrected chi connectivity index (χ0v) is 89.6. The van der Waals surface area contributed by atoms with Crippen molar-refractivity contribution in [3.63, 3.8) is 0 Å². The first kappa shape index (κ1) is 120. The molecule has 0 aromatic heterocycles. The summed E-state index contributed by atoms with van der Waals surface area (Å²) in [7, 11) is 9.57. The van der Waals surface area contributed by atoms with Crippen molar-refractivity contribution in [2.75, 3.05) is 52.9 Å². The third-order valence-corrected chi connectivity index (χ3v) is 32.7. The number of aliphatic hydroxyl groups excluding tert-OH is 4. The molecule has 0 bridgehead atoms. The fourth-order valence-electron chi connectivity index (χ4n) is 22.3. The van der Waals surface area contributed by atoms with Crippen molar-refractivity contribution in [1.82, 2.24) is 0 Å². The van der Waals surface area contributed by atoms with Crippen molar-refractivity contribution in [2.24, 2.45) is 82.9 Å². The van der Waals surface area contributed by atoms with Crippen LogP contribution in [-0.4, -0.2) is 180 Å². The van der Waals surface area contributed by atoms with Crippen LogP contribution in [0.1, 0.15) is 397 Å². The molecule has 133 heavy (non-hydrogen) atoms. The predicted octanol–water partition coefficient (Wildman–Crippen LogP) is 25.1. The van der Waals surface area contributed by atoms with E-state index in [4.69, 9.17) is 65.8 Å². The molecule has 0 spiro atoms. The molecule has 10 fully saturated rings. The molecule has 780 valence electrons. The number of aliphatic hydroxyl groups is 4. The van der Waals surface area contributed by atoms with Gasteiger partial charge in [-0.2, -0.15) is 0 Å². The van der Waals surface area contributed by atoms with Crippen LogP contribution < -0.4 is 0 Å². The number of carboxylic acids is 1. The van der Waals surface area contributed by atoms with Gasteiger partial charge < -0.3 is 86.3 Å². The molecule has 22 nitrogen and oxygen atoms in total. The smallest absolute Gasteiger partial charge is 0.303 e. The van der Waals surface area contributed by atoms with E-state index in [2.05, 4.69) is 163 Å². The van der Waals surface area contributed by atoms with Crippen LogP contribution in [0.2, 0.25) is 0 Å². The average Bonchev–Trinajstić information content (AvgIpc) is 1.63. The Morgan fingerprint density at radius 1 is 0.376 bits per heavy atom. The summed E-state index contributed by atoms with van der Waals surface area (Å²) in [5, 5.41) is 50.1. The maximum atomic E-state index is 12.6. The summed E-state index contributed by atoms with van der Waals surface area (Å²) in [6, 6.07) is 0. The van der Waals surface area contributed by atoms with Crippen molar-refractivity contribution in [3.8, 4) is 0 Å². The second-order valence-electron chi connectivity index (χ2n) is 41.3. The van der Waals surface area contributed by atoms with E-state index in [-0.39, 0.29) is 120 Å². The van der Waals surface area contributed by atoms with Gasteiger partial charge in [0.25, 0.3) is 0 Å². The van der Waals surface area contributed by atoms with Gasteiger partial charge in [-0.25, -0.2) is 0 Å². The van der Waals surface area contributed by atoms with Gasteiger partial charge >= 0.3 is 5.97 Å². The van der Waals surface area contributed by atoms with Gasteiger partial charge in [0.15, 0.2) is 29.4 Å². The topological polar surface area (TPSA) is 289 Å². The van der Waals surface area contributed by atoms with Crippen LogP contribution in [0.15, 0.2) is 48.6 Å². The highest BCUT2D eigenvalue weighted by atomic mass is 31.0. The molecule has 5 saturated carbocycles. The minimum Gasteiger partial charge on any atom is -0.481 e. The van der Waals surface area contributed by atoms with E-state index >= 15 is 0 Å². The lowest BCUT2D eigenvalue weighted by atomic mass is 9.85. The number of aliphatic carboxylic acids is 1. The number of hydrogen-bond acceptors (Lipinski definition) is 21. The number of carbonyl (C=O) groups excluding carboxylic acids is 3. The summed E-state index contributed by atoms with van der Waals surface area (Å²) in [5.74, 6) is 2.48. The van der Waals surface area contributed by atoms with Crippen LogP contribution in [0.3, 0.4) is 0 Å². The third kappa shape index (κ3) is 42.0. The summed E-state index contributed by atoms with van der Waals surface area (Å²) in [6.45, 7) is 31.8. The van der Waals surface area contributed by atoms with Crippen molar-refractivity contribution in [2.45, 2.75) is 470 Å². The van der Waals surface area contributed by atoms with E-state index in [9.17, 15) is 39.6 Å². The molecule has 5 N–H and O–H groups in total. The van der Waals surface area contributed by atoms with Crippen LogP contribution in [0.4, 0.5) is 0 Å². The highest BCUT2D eigenvalue weighted by Gasteiger charge is 2.53. The van der Waals surface area contributed by atoms with Gasteiger partial charge in [0, 0.05) is 165 Å². The number of carbonyl (C=O) groups is 4. The Hall–Kier alpha value is -1.52. The van der Waals surface area contributed by atoms with Crippen molar-refractivity contribution in [1.29, 1.82) is 0 Å². The summed E-state index contributed by atoms with van der Waals surface area (Å²) in [5.41, 5.74) is 0. The van der Waals surface area contributed by atoms with E-state index in [0.29, 0.717) is 127 Å². The lowest BCUT2D eigenvalue weighted by Gasteiger charge is -2.31. The molecular weight excluding hydrogens is 1760 g/mol. The Labute approximate surface area is 821 Å². The standard InChI is InChI=1S/C23H41O6P.C23H43O4P.C23H41O4P.C21H36O3.C17H31O5P.4H2/c1-3-4-7-11-23(27-13-14-28-23)12-10-19-18(20(24)16-21(19)29-30)9-6-5-8-17(2)15-22(25)26;2*1-4-6-9-13-23(25-15-16-26-23)14-12-20-19(21(24)17-22(20)27-28)11-8-7-10-18(3)5-2;1-4-6-7-11-17(22)13-14-19-18(20(23)15-21(19)24)12-9-8-10-16(3)5-2;1-2-3-4-6-17(19-8-9-20-17)7-5-12-13-10-16(18)21-14(13)11-15(12)22-23;;;;/h5-6,17-21,24H,3-4,7-16,30H2,1-2H3,(H,25,26);7-8,18-22,24H,4-6,9-17,28H2,1-3H3;7-8,18-20,22H,4-6,9-17,28H2,1-3H3;8-9,16,18-19,21,24H,4-7,10-15H2,1-3H3;12-16,18H,2-11,23H2,1H3;4*1H/b6-5-;2*8-7-;9-8-;;;;;/t17?,18?,19-,20?,21?;18?,19?,20-,21?,22?;18?,19?,20-,22?;16?,18?,19-,21?;12-,13?,14?,15?,16?;;;;/m11111..../s1/i;;;;;4*1+2. The van der Waals surface area contributed by atoms with Crippen molar-refractivity contribution >= 4 is 61.2 Å². The molecule has 10 aliphatic rings. The lowest BCUT2D eigenvalue weighted by molar-refractivity contribution is -0.171. The molecule has 27 atom stereocenters. The Morgan fingerprint density at radius 3 is 1.08 bits per heavy atom. The maximum absolute atomic E-state index is 12.6. The van der Waals surface area contributed by atoms with Gasteiger partial charge in [-0.3, -0.25) is 19.2 Å². The second kappa shape index (κ2) is 67.2. The third-order valence-electron chi connectivity index (χ3n) is 31.3. The quantitative estimate of drug-likeness (QED) is 0.0215. The largest absolute Gasteiger partial charge is 0.481 e. The minimum atomic E-state index is -0.758. The summed E-state index contributed by atoms with van der Waals surface area (Å²) < 4.78 is 76.5. The zero-order valence-electron chi connectivity index (χ0n) is 85.0. The number of fused-ring (bicyclic) bond motifs is 1. The molecular formula is C107H200O22P4. The number of hydrogen-bond donors (Lipinski definition) is 5. The van der Waals surface area contributed by atoms with Crippen LogP contribution in [0.5, 0.6) is 0 Å². The number of unbranched alkanes of at least 4 members (excludes halogenated alkanes) is 10. The van der Waals surface area contributed by atoms with E-state index < -0.39 is 41.5 Å². The molecule has 0 amide bonds. The Bertz CT molecular complexity index is 3240. The molecule has 22 unspecified atom stereocenters. The monoisotopic (exact) mass is 1970 g/mol. The fourth-order valence-corrected chi connectivity index (χ4v) is 23.5. The predicted molar refractivity (Wildman–Crippen MR) is 552 cm³/mol. The van der Waals surface area contributed by atoms with Gasteiger partial charge in [0.05, 0.1) is 102 Å². The van der Waals surface area contributed by atoms with Crippen LogP contribution in [-0.2, 0) is 79.9 Å². The lowest BCUT2D eigenvalue weighted by Crippen LogP contribution is -2.33. The Kier molecular flexibility index (Phi) is 60.7. The Morgan fingerprint density at radius 2 is 0.714 bits per heavy atom. The number of Topliss-reactive ketones (excluding diaryl/α,β-unsaturated/α-hetero) is 3. The first-order valence-electron chi connectivity index (χ1n) is 53.5. The van der Waals surface area contributed by atoms with E-state index in [0.717, 1.165) is 199 Å². The van der Waals surface area contributed by atoms with Gasteiger partial charge in [-0.15, -0.1) is 0 Å². The van der Waals surface area contributed by atoms with Crippen LogP contribution in [0.25, 0.3) is 0 Å². The van der Waals surface area contributed by atoms with Crippen molar-refractivity contribution < 1.29 is 111 Å². The number of rotatable bonds is 60. The molecule has 5 saturated heterocycles. The van der Waals surface area contributed by atoms with Gasteiger partial charge in [-0.1, -0.05) is 215 Å². The number of allylic oxidation sites excluding steroid dienone is 8. The molecule has 5 heterocycles. The minimum absolute atomic E-state index is 0. The van der Waals surface area contributed by atoms with E-state index in [1.54, 1.807) is 0 Å². The van der Waals surface area contributed by atoms with Crippen molar-refractivity contribution in [3.05, 3.63) is 48.6 Å². The highest BCUT2D eigenvalue weighted by Crippen LogP contribution is 2.51. The van der Waals surface area contributed by atoms with Gasteiger partial charge in [0.1, 0.15) is 17.3 Å². The fraction of sp³-hybridized carbons (Fsp3) is 0.888. The molecule has 0 radical (unpaired) electrons. The first-order chi connectivity index (χ1) is 64.2. The van der Waals surface area contributed by atoms with Gasteiger partial charge in [-0.05, 0) is 187 Å². The number of ketones is 3. The maximum Gasteiger partial charge on any atom is 0.303 e. The first-order valence-corrected chi connectivity index (χ1v) is 55.4. The summed E-state index contributed by atoms with van der Waals surface area (Å²) >= 11 is 0. The molecule has 5 aliphatic carbocycles.